The molecule has 0 aliphatic carbocycles. The number of aromatic amines is 2. The molecule has 9 heteroatoms. The summed E-state index contributed by atoms with van der Waals surface area (Å²) in [6.07, 6.45) is 2.52. The minimum Gasteiger partial charge on any atom is -0.383 e. The van der Waals surface area contributed by atoms with Gasteiger partial charge >= 0.3 is 5.69 Å². The van der Waals surface area contributed by atoms with Gasteiger partial charge in [0.25, 0.3) is 5.56 Å². The average Bonchev–Trinajstić information content (AvgIpc) is 3.26. The minimum absolute atomic E-state index is 0.0449. The van der Waals surface area contributed by atoms with E-state index in [1.54, 1.807) is 0 Å². The number of anilines is 2. The number of nitrogens with one attached hydrogen (secondary N) is 2. The van der Waals surface area contributed by atoms with E-state index < -0.39 is 11.2 Å². The fraction of sp³-hybridized carbons (Fsp3) is 0.240. The third kappa shape index (κ3) is 4.79. The molecule has 0 aliphatic rings. The Morgan fingerprint density at radius 2 is 1.82 bits per heavy atom. The molecule has 2 heterocycles. The molecule has 4 rings (SSSR count). The monoisotopic (exact) mass is 461 g/mol. The second-order valence-electron chi connectivity index (χ2n) is 7.96. The van der Waals surface area contributed by atoms with Crippen molar-refractivity contribution in [1.82, 2.24) is 14.5 Å². The van der Waals surface area contributed by atoms with Crippen molar-refractivity contribution < 1.29 is 9.53 Å². The number of carbonyl (C=O) groups excluding carboxylic acids is 1. The van der Waals surface area contributed by atoms with Crippen molar-refractivity contribution in [3.8, 4) is 0 Å². The minimum atomic E-state index is -0.705. The Morgan fingerprint density at radius 1 is 1.09 bits per heavy atom. The number of ether oxygens (including phenoxy) is 1. The number of amides is 1. The maximum absolute atomic E-state index is 13.3. The second kappa shape index (κ2) is 10.2. The van der Waals surface area contributed by atoms with E-state index in [0.717, 1.165) is 22.0 Å². The van der Waals surface area contributed by atoms with E-state index in [1.165, 1.54) is 16.6 Å². The maximum atomic E-state index is 13.3. The average molecular weight is 462 g/mol. The molecule has 0 spiro atoms. The molecule has 176 valence electrons. The number of para-hydroxylation sites is 1. The quantitative estimate of drug-likeness (QED) is 0.352. The van der Waals surface area contributed by atoms with Crippen LogP contribution in [0.25, 0.3) is 10.9 Å². The number of fused-ring (bicyclic) bond motifs is 1. The van der Waals surface area contributed by atoms with Crippen LogP contribution in [0.2, 0.25) is 0 Å². The van der Waals surface area contributed by atoms with Crippen LogP contribution in [0, 0.1) is 0 Å². The summed E-state index contributed by atoms with van der Waals surface area (Å²) in [5.41, 5.74) is 7.77. The molecule has 0 fully saturated rings. The lowest BCUT2D eigenvalue weighted by Crippen LogP contribution is -2.42. The summed E-state index contributed by atoms with van der Waals surface area (Å²) in [4.78, 5) is 45.4. The van der Waals surface area contributed by atoms with Crippen molar-refractivity contribution in [3.05, 3.63) is 92.8 Å². The van der Waals surface area contributed by atoms with Gasteiger partial charge in [-0.25, -0.2) is 4.79 Å². The standard InChI is InChI=1S/C25H27N5O4/c1-34-14-13-29(21(31)12-11-18-15-27-20-10-6-5-9-19(18)20)22-23(26)30(25(33)28-24(22)32)16-17-7-3-2-4-8-17/h2-10,15,27H,11-14,16,26H2,1H3,(H,28,32,33). The summed E-state index contributed by atoms with van der Waals surface area (Å²) in [5, 5.41) is 1.05. The van der Waals surface area contributed by atoms with Gasteiger partial charge in [0.1, 0.15) is 5.82 Å². The highest BCUT2D eigenvalue weighted by atomic mass is 16.5. The summed E-state index contributed by atoms with van der Waals surface area (Å²) < 4.78 is 6.42. The Hall–Kier alpha value is -4.11. The molecule has 0 bridgehead atoms. The van der Waals surface area contributed by atoms with Crippen molar-refractivity contribution in [3.63, 3.8) is 0 Å². The predicted molar refractivity (Wildman–Crippen MR) is 132 cm³/mol. The van der Waals surface area contributed by atoms with Crippen LogP contribution in [0.4, 0.5) is 11.5 Å². The first-order chi connectivity index (χ1) is 16.5. The van der Waals surface area contributed by atoms with Gasteiger partial charge in [-0.2, -0.15) is 0 Å². The zero-order chi connectivity index (χ0) is 24.1. The number of hydrogen-bond acceptors (Lipinski definition) is 5. The number of aromatic nitrogens is 3. The van der Waals surface area contributed by atoms with Crippen LogP contribution in [0.15, 0.2) is 70.4 Å². The molecule has 2 aromatic carbocycles. The van der Waals surface area contributed by atoms with Crippen LogP contribution in [-0.2, 0) is 22.5 Å². The first-order valence-electron chi connectivity index (χ1n) is 11.0. The van der Waals surface area contributed by atoms with Gasteiger partial charge in [0.15, 0.2) is 5.69 Å². The van der Waals surface area contributed by atoms with E-state index in [0.29, 0.717) is 6.42 Å². The summed E-state index contributed by atoms with van der Waals surface area (Å²) in [7, 11) is 1.51. The number of hydrogen-bond donors (Lipinski definition) is 3. The largest absolute Gasteiger partial charge is 0.383 e. The van der Waals surface area contributed by atoms with Crippen molar-refractivity contribution in [2.45, 2.75) is 19.4 Å². The summed E-state index contributed by atoms with van der Waals surface area (Å²) in [6.45, 7) is 0.493. The number of carbonyl (C=O) groups is 1. The lowest BCUT2D eigenvalue weighted by Gasteiger charge is -2.24. The first-order valence-corrected chi connectivity index (χ1v) is 11.0. The molecular formula is C25H27N5O4. The summed E-state index contributed by atoms with van der Waals surface area (Å²) in [5.74, 6) is -0.349. The first kappa shape index (κ1) is 23.1. The predicted octanol–water partition coefficient (Wildman–Crippen LogP) is 2.26. The normalized spacial score (nSPS) is 11.1. The molecule has 0 saturated carbocycles. The topological polar surface area (TPSA) is 126 Å². The van der Waals surface area contributed by atoms with Crippen LogP contribution >= 0.6 is 0 Å². The van der Waals surface area contributed by atoms with Crippen molar-refractivity contribution in [2.75, 3.05) is 30.9 Å². The number of rotatable bonds is 9. The molecule has 34 heavy (non-hydrogen) atoms. The Balaban J connectivity index is 1.64. The Morgan fingerprint density at radius 3 is 2.59 bits per heavy atom. The number of H-pyrrole nitrogens is 2. The summed E-state index contributed by atoms with van der Waals surface area (Å²) in [6, 6.07) is 17.1. The van der Waals surface area contributed by atoms with E-state index in [4.69, 9.17) is 10.5 Å². The maximum Gasteiger partial charge on any atom is 0.330 e. The van der Waals surface area contributed by atoms with E-state index >= 15 is 0 Å². The number of nitrogens with two attached hydrogens (primary N) is 1. The van der Waals surface area contributed by atoms with Gasteiger partial charge in [-0.05, 0) is 23.6 Å². The molecule has 0 aliphatic heterocycles. The number of methoxy groups -OCH3 is 1. The molecule has 0 unspecified atom stereocenters. The van der Waals surface area contributed by atoms with Gasteiger partial charge in [-0.3, -0.25) is 19.1 Å². The van der Waals surface area contributed by atoms with Gasteiger partial charge in [-0.1, -0.05) is 48.5 Å². The molecule has 4 N–H and O–H groups in total. The van der Waals surface area contributed by atoms with E-state index in [2.05, 4.69) is 9.97 Å². The van der Waals surface area contributed by atoms with Crippen LogP contribution in [0.1, 0.15) is 17.5 Å². The third-order valence-corrected chi connectivity index (χ3v) is 5.77. The number of nitrogen functional groups attached to an aromatic ring is 1. The lowest BCUT2D eigenvalue weighted by atomic mass is 10.1. The van der Waals surface area contributed by atoms with Crippen LogP contribution < -0.4 is 21.9 Å². The van der Waals surface area contributed by atoms with E-state index in [9.17, 15) is 14.4 Å². The van der Waals surface area contributed by atoms with E-state index in [1.807, 2.05) is 60.8 Å². The van der Waals surface area contributed by atoms with Crippen LogP contribution in [-0.4, -0.2) is 40.7 Å². The SMILES string of the molecule is COCCN(C(=O)CCc1c[nH]c2ccccc12)c1c(N)n(Cc2ccccc2)c(=O)[nH]c1=O. The smallest absolute Gasteiger partial charge is 0.330 e. The zero-order valence-electron chi connectivity index (χ0n) is 18.9. The highest BCUT2D eigenvalue weighted by molar-refractivity contribution is 5.96. The molecule has 0 atom stereocenters. The van der Waals surface area contributed by atoms with Gasteiger partial charge in [0, 0.05) is 37.2 Å². The number of aryl methyl sites for hydroxylation is 1. The van der Waals surface area contributed by atoms with Crippen LogP contribution in [0.5, 0.6) is 0 Å². The molecule has 0 radical (unpaired) electrons. The molecule has 0 saturated heterocycles. The fourth-order valence-electron chi connectivity index (χ4n) is 4.02. The highest BCUT2D eigenvalue weighted by Crippen LogP contribution is 2.22. The molecule has 9 nitrogen and oxygen atoms in total. The van der Waals surface area contributed by atoms with Crippen molar-refractivity contribution >= 4 is 28.3 Å². The van der Waals surface area contributed by atoms with Gasteiger partial charge in [-0.15, -0.1) is 0 Å². The van der Waals surface area contributed by atoms with Gasteiger partial charge < -0.3 is 20.4 Å². The van der Waals surface area contributed by atoms with Gasteiger partial charge in [0.2, 0.25) is 5.91 Å². The van der Waals surface area contributed by atoms with E-state index in [-0.39, 0.29) is 43.5 Å². The zero-order valence-corrected chi connectivity index (χ0v) is 18.9. The Labute approximate surface area is 195 Å². The van der Waals surface area contributed by atoms with Crippen molar-refractivity contribution in [2.24, 2.45) is 0 Å². The number of nitrogens with zero attached hydrogens (tertiary/aromatic N) is 2. The molecule has 1 amide bonds. The lowest BCUT2D eigenvalue weighted by molar-refractivity contribution is -0.118. The molecule has 4 aromatic rings. The molecular weight excluding hydrogens is 434 g/mol. The second-order valence-corrected chi connectivity index (χ2v) is 7.96. The fourth-order valence-corrected chi connectivity index (χ4v) is 4.02. The Kier molecular flexibility index (Phi) is 6.93. The molecule has 2 aromatic heterocycles. The van der Waals surface area contributed by atoms with Crippen LogP contribution in [0.3, 0.4) is 0 Å². The highest BCUT2D eigenvalue weighted by Gasteiger charge is 2.24. The van der Waals surface area contributed by atoms with Gasteiger partial charge in [0.05, 0.1) is 13.2 Å². The Bertz CT molecular complexity index is 1400. The van der Waals surface area contributed by atoms with Crippen molar-refractivity contribution in [1.29, 1.82) is 0 Å². The number of benzene rings is 2. The summed E-state index contributed by atoms with van der Waals surface area (Å²) >= 11 is 0. The third-order valence-electron chi connectivity index (χ3n) is 5.77.